The van der Waals surface area contributed by atoms with E-state index in [1.54, 1.807) is 36.3 Å². The van der Waals surface area contributed by atoms with E-state index in [9.17, 15) is 14.4 Å². The van der Waals surface area contributed by atoms with E-state index in [4.69, 9.17) is 4.74 Å². The van der Waals surface area contributed by atoms with E-state index in [-0.39, 0.29) is 29.6 Å². The molecule has 1 atom stereocenters. The van der Waals surface area contributed by atoms with Gasteiger partial charge in [-0.2, -0.15) is 0 Å². The highest BCUT2D eigenvalue weighted by Gasteiger charge is 2.34. The highest BCUT2D eigenvalue weighted by molar-refractivity contribution is 7.15. The van der Waals surface area contributed by atoms with Crippen molar-refractivity contribution in [1.29, 1.82) is 0 Å². The summed E-state index contributed by atoms with van der Waals surface area (Å²) in [6, 6.07) is 14.1. The molecule has 1 unspecified atom stereocenters. The number of benzene rings is 2. The summed E-state index contributed by atoms with van der Waals surface area (Å²) in [6.45, 7) is 4.45. The third-order valence-electron chi connectivity index (χ3n) is 6.27. The van der Waals surface area contributed by atoms with Crippen molar-refractivity contribution in [1.82, 2.24) is 10.2 Å². The molecular formula is C26H29N5O4S. The van der Waals surface area contributed by atoms with Crippen LogP contribution >= 0.6 is 11.3 Å². The van der Waals surface area contributed by atoms with E-state index in [2.05, 4.69) is 20.8 Å². The Morgan fingerprint density at radius 2 is 1.86 bits per heavy atom. The molecule has 1 aliphatic rings. The molecule has 0 aliphatic carbocycles. The first-order valence-electron chi connectivity index (χ1n) is 11.9. The average Bonchev–Trinajstić information content (AvgIpc) is 3.51. The van der Waals surface area contributed by atoms with Gasteiger partial charge in [-0.05, 0) is 55.3 Å². The number of hydrogen-bond acceptors (Lipinski definition) is 7. The van der Waals surface area contributed by atoms with Crippen molar-refractivity contribution in [3.05, 3.63) is 59.1 Å². The van der Waals surface area contributed by atoms with Gasteiger partial charge in [0.15, 0.2) is 0 Å². The lowest BCUT2D eigenvalue weighted by atomic mass is 10.0. The maximum Gasteiger partial charge on any atom is 0.257 e. The van der Waals surface area contributed by atoms with Gasteiger partial charge in [0, 0.05) is 41.7 Å². The predicted octanol–water partition coefficient (Wildman–Crippen LogP) is 4.69. The first-order valence-corrected chi connectivity index (χ1v) is 12.7. The smallest absolute Gasteiger partial charge is 0.257 e. The van der Waals surface area contributed by atoms with Crippen molar-refractivity contribution in [3.63, 3.8) is 0 Å². The zero-order valence-electron chi connectivity index (χ0n) is 20.5. The second-order valence-electron chi connectivity index (χ2n) is 8.59. The van der Waals surface area contributed by atoms with Crippen LogP contribution in [0.1, 0.15) is 54.4 Å². The number of ether oxygens (including phenoxy) is 1. The molecule has 36 heavy (non-hydrogen) atoms. The largest absolute Gasteiger partial charge is 0.497 e. The van der Waals surface area contributed by atoms with Crippen molar-refractivity contribution >= 4 is 45.6 Å². The van der Waals surface area contributed by atoms with Crippen LogP contribution in [0.4, 0.5) is 16.5 Å². The van der Waals surface area contributed by atoms with Gasteiger partial charge in [-0.1, -0.05) is 31.3 Å². The van der Waals surface area contributed by atoms with E-state index in [1.165, 1.54) is 11.3 Å². The lowest BCUT2D eigenvalue weighted by Gasteiger charge is -2.16. The molecule has 1 aliphatic heterocycles. The van der Waals surface area contributed by atoms with Crippen LogP contribution < -0.4 is 20.3 Å². The highest BCUT2D eigenvalue weighted by Crippen LogP contribution is 2.34. The van der Waals surface area contributed by atoms with Gasteiger partial charge in [-0.15, -0.1) is 10.2 Å². The molecule has 4 rings (SSSR count). The van der Waals surface area contributed by atoms with E-state index in [0.717, 1.165) is 24.3 Å². The second-order valence-corrected chi connectivity index (χ2v) is 9.60. The van der Waals surface area contributed by atoms with Crippen LogP contribution in [0.3, 0.4) is 0 Å². The molecule has 1 fully saturated rings. The van der Waals surface area contributed by atoms with Crippen molar-refractivity contribution in [2.24, 2.45) is 5.92 Å². The number of carbonyl (C=O) groups excluding carboxylic acids is 3. The van der Waals surface area contributed by atoms with Gasteiger partial charge in [0.25, 0.3) is 5.91 Å². The van der Waals surface area contributed by atoms with Gasteiger partial charge >= 0.3 is 0 Å². The summed E-state index contributed by atoms with van der Waals surface area (Å²) < 4.78 is 5.18. The fourth-order valence-electron chi connectivity index (χ4n) is 4.15. The number of rotatable bonds is 9. The second kappa shape index (κ2) is 11.3. The number of nitrogens with one attached hydrogen (secondary N) is 2. The summed E-state index contributed by atoms with van der Waals surface area (Å²) >= 11 is 1.26. The first kappa shape index (κ1) is 25.3. The van der Waals surface area contributed by atoms with Crippen LogP contribution in [0.15, 0.2) is 48.5 Å². The maximum atomic E-state index is 12.8. The zero-order valence-corrected chi connectivity index (χ0v) is 21.3. The number of aromatic nitrogens is 2. The summed E-state index contributed by atoms with van der Waals surface area (Å²) in [4.78, 5) is 39.5. The van der Waals surface area contributed by atoms with Crippen LogP contribution in [0.2, 0.25) is 0 Å². The monoisotopic (exact) mass is 507 g/mol. The Kier molecular flexibility index (Phi) is 7.94. The van der Waals surface area contributed by atoms with E-state index in [0.29, 0.717) is 34.4 Å². The lowest BCUT2D eigenvalue weighted by Crippen LogP contribution is -2.24. The Hall–Kier alpha value is -3.79. The molecule has 1 aromatic heterocycles. The Morgan fingerprint density at radius 1 is 1.11 bits per heavy atom. The molecule has 9 nitrogen and oxygen atoms in total. The molecule has 2 N–H and O–H groups in total. The molecular weight excluding hydrogens is 478 g/mol. The Balaban J connectivity index is 1.39. The molecule has 0 bridgehead atoms. The first-order chi connectivity index (χ1) is 17.4. The fraction of sp³-hybridized carbons (Fsp3) is 0.346. The molecule has 2 aromatic carbocycles. The van der Waals surface area contributed by atoms with Crippen molar-refractivity contribution in [3.8, 4) is 5.75 Å². The molecule has 2 heterocycles. The van der Waals surface area contributed by atoms with Gasteiger partial charge in [-0.25, -0.2) is 0 Å². The third kappa shape index (κ3) is 5.71. The van der Waals surface area contributed by atoms with Crippen molar-refractivity contribution in [2.75, 3.05) is 29.2 Å². The standard InChI is InChI=1S/C26H29N5O4S/c1-4-16(5-2)23(33)27-19-8-6-7-17(13-19)24(34)28-26-30-29-25(36-26)18-14-22(32)31(15-18)20-9-11-21(35-3)12-10-20/h6-13,16,18H,4-5,14-15H2,1-3H3,(H,27,33)(H,28,30,34). The van der Waals surface area contributed by atoms with Gasteiger partial charge in [0.05, 0.1) is 7.11 Å². The minimum absolute atomic E-state index is 0.0122. The topological polar surface area (TPSA) is 114 Å². The SMILES string of the molecule is CCC(CC)C(=O)Nc1cccc(C(=O)Nc2nnc(C3CC(=O)N(c4ccc(OC)cc4)C3)s2)c1. The Bertz CT molecular complexity index is 1240. The van der Waals surface area contributed by atoms with Crippen molar-refractivity contribution < 1.29 is 19.1 Å². The van der Waals surface area contributed by atoms with Crippen LogP contribution in [0.5, 0.6) is 5.75 Å². The van der Waals surface area contributed by atoms with Gasteiger partial charge in [-0.3, -0.25) is 19.7 Å². The highest BCUT2D eigenvalue weighted by atomic mass is 32.1. The average molecular weight is 508 g/mol. The third-order valence-corrected chi connectivity index (χ3v) is 7.27. The number of carbonyl (C=O) groups is 3. The molecule has 3 aromatic rings. The lowest BCUT2D eigenvalue weighted by molar-refractivity contribution is -0.120. The predicted molar refractivity (Wildman–Crippen MR) is 140 cm³/mol. The van der Waals surface area contributed by atoms with Crippen molar-refractivity contribution in [2.45, 2.75) is 39.0 Å². The van der Waals surface area contributed by atoms with E-state index in [1.807, 2.05) is 38.1 Å². The van der Waals surface area contributed by atoms with Crippen LogP contribution in [0, 0.1) is 5.92 Å². The number of anilines is 3. The van der Waals surface area contributed by atoms with Gasteiger partial charge in [0.1, 0.15) is 10.8 Å². The molecule has 0 radical (unpaired) electrons. The molecule has 0 saturated carbocycles. The minimum Gasteiger partial charge on any atom is -0.497 e. The summed E-state index contributed by atoms with van der Waals surface area (Å²) in [5.74, 6) is 0.167. The number of methoxy groups -OCH3 is 1. The van der Waals surface area contributed by atoms with Gasteiger partial charge in [0.2, 0.25) is 16.9 Å². The maximum absolute atomic E-state index is 12.8. The van der Waals surface area contributed by atoms with E-state index >= 15 is 0 Å². The van der Waals surface area contributed by atoms with E-state index < -0.39 is 0 Å². The van der Waals surface area contributed by atoms with Crippen LogP contribution in [-0.2, 0) is 9.59 Å². The summed E-state index contributed by atoms with van der Waals surface area (Å²) in [7, 11) is 1.60. The zero-order chi connectivity index (χ0) is 25.7. The molecule has 3 amide bonds. The van der Waals surface area contributed by atoms with Gasteiger partial charge < -0.3 is 15.0 Å². The molecule has 0 spiro atoms. The van der Waals surface area contributed by atoms with Crippen LogP contribution in [0.25, 0.3) is 0 Å². The molecule has 10 heteroatoms. The summed E-state index contributed by atoms with van der Waals surface area (Å²) in [5, 5.41) is 15.0. The Labute approximate surface area is 213 Å². The minimum atomic E-state index is -0.348. The summed E-state index contributed by atoms with van der Waals surface area (Å²) in [6.07, 6.45) is 1.84. The molecule has 188 valence electrons. The quantitative estimate of drug-likeness (QED) is 0.434. The Morgan fingerprint density at radius 3 is 2.56 bits per heavy atom. The molecule has 1 saturated heterocycles. The number of hydrogen-bond donors (Lipinski definition) is 2. The normalized spacial score (nSPS) is 15.3. The van der Waals surface area contributed by atoms with Crippen LogP contribution in [-0.4, -0.2) is 41.6 Å². The fourth-order valence-corrected chi connectivity index (χ4v) is 4.98. The number of amides is 3. The number of nitrogens with zero attached hydrogens (tertiary/aromatic N) is 3. The summed E-state index contributed by atoms with van der Waals surface area (Å²) in [5.41, 5.74) is 1.77.